The number of aryl methyl sites for hydroxylation is 1. The Morgan fingerprint density at radius 2 is 2.29 bits per heavy atom. The lowest BCUT2D eigenvalue weighted by atomic mass is 10.1. The van der Waals surface area contributed by atoms with E-state index < -0.39 is 0 Å². The first kappa shape index (κ1) is 16.5. The largest absolute Gasteiger partial charge is 0.462 e. The van der Waals surface area contributed by atoms with Gasteiger partial charge in [0.2, 0.25) is 0 Å². The Hall–Kier alpha value is -0.840. The molecular formula is C17H30N2O2. The molecule has 0 aliphatic carbocycles. The van der Waals surface area contributed by atoms with E-state index in [1.807, 2.05) is 0 Å². The molecule has 21 heavy (non-hydrogen) atoms. The summed E-state index contributed by atoms with van der Waals surface area (Å²) in [6.45, 7) is 9.79. The highest BCUT2D eigenvalue weighted by molar-refractivity contribution is 5.19. The van der Waals surface area contributed by atoms with Gasteiger partial charge in [0.1, 0.15) is 18.1 Å². The average molecular weight is 294 g/mol. The summed E-state index contributed by atoms with van der Waals surface area (Å²) in [5.41, 5.74) is 1.21. The number of furan rings is 1. The van der Waals surface area contributed by atoms with Crippen LogP contribution in [-0.2, 0) is 17.9 Å². The Morgan fingerprint density at radius 3 is 2.95 bits per heavy atom. The summed E-state index contributed by atoms with van der Waals surface area (Å²) in [6, 6.07) is 3.27. The van der Waals surface area contributed by atoms with Gasteiger partial charge < -0.3 is 19.4 Å². The van der Waals surface area contributed by atoms with E-state index in [0.29, 0.717) is 18.7 Å². The molecule has 1 unspecified atom stereocenters. The molecule has 1 aliphatic rings. The zero-order chi connectivity index (χ0) is 15.2. The van der Waals surface area contributed by atoms with E-state index in [-0.39, 0.29) is 0 Å². The Kier molecular flexibility index (Phi) is 6.27. The number of hydrogen-bond donors (Lipinski definition) is 1. The minimum absolute atomic E-state index is 0.470. The second-order valence-corrected chi connectivity index (χ2v) is 6.47. The zero-order valence-corrected chi connectivity index (χ0v) is 13.9. The van der Waals surface area contributed by atoms with E-state index in [1.54, 1.807) is 0 Å². The van der Waals surface area contributed by atoms with Crippen molar-refractivity contribution in [1.82, 2.24) is 10.2 Å². The van der Waals surface area contributed by atoms with Crippen molar-refractivity contribution >= 4 is 0 Å². The number of likely N-dealkylation sites (tertiary alicyclic amines) is 1. The standard InChI is InChI=1S/C17H30N2O2/c1-13(2)18-11-17-14(3)10-16(21-17)12-20-9-7-15-6-5-8-19(15)4/h10,13,15,18H,5-9,11-12H2,1-4H3. The van der Waals surface area contributed by atoms with Gasteiger partial charge in [0, 0.05) is 18.7 Å². The smallest absolute Gasteiger partial charge is 0.130 e. The Bertz CT molecular complexity index is 428. The SMILES string of the molecule is Cc1cc(COCCC2CCCN2C)oc1CNC(C)C. The maximum Gasteiger partial charge on any atom is 0.130 e. The van der Waals surface area contributed by atoms with Crippen molar-refractivity contribution in [3.63, 3.8) is 0 Å². The van der Waals surface area contributed by atoms with E-state index in [9.17, 15) is 0 Å². The molecule has 4 nitrogen and oxygen atoms in total. The van der Waals surface area contributed by atoms with Crippen molar-refractivity contribution in [1.29, 1.82) is 0 Å². The van der Waals surface area contributed by atoms with Crippen LogP contribution in [0.1, 0.15) is 50.2 Å². The quantitative estimate of drug-likeness (QED) is 0.748. The van der Waals surface area contributed by atoms with Crippen LogP contribution in [0.4, 0.5) is 0 Å². The van der Waals surface area contributed by atoms with Crippen molar-refractivity contribution in [2.24, 2.45) is 0 Å². The van der Waals surface area contributed by atoms with Gasteiger partial charge in [-0.15, -0.1) is 0 Å². The first-order chi connectivity index (χ1) is 10.1. The Balaban J connectivity index is 1.69. The summed E-state index contributed by atoms with van der Waals surface area (Å²) >= 11 is 0. The summed E-state index contributed by atoms with van der Waals surface area (Å²) in [5, 5.41) is 3.39. The lowest BCUT2D eigenvalue weighted by Crippen LogP contribution is -2.26. The van der Waals surface area contributed by atoms with Crippen LogP contribution in [0.5, 0.6) is 0 Å². The molecule has 0 saturated carbocycles. The van der Waals surface area contributed by atoms with Crippen LogP contribution in [0.15, 0.2) is 10.5 Å². The fourth-order valence-corrected chi connectivity index (χ4v) is 2.87. The summed E-state index contributed by atoms with van der Waals surface area (Å²) < 4.78 is 11.6. The lowest BCUT2D eigenvalue weighted by Gasteiger charge is -2.18. The van der Waals surface area contributed by atoms with Gasteiger partial charge in [0.05, 0.1) is 6.54 Å². The summed E-state index contributed by atoms with van der Waals surface area (Å²) in [6.07, 6.45) is 3.76. The molecule has 0 bridgehead atoms. The fourth-order valence-electron chi connectivity index (χ4n) is 2.87. The molecule has 1 aliphatic heterocycles. The summed E-state index contributed by atoms with van der Waals surface area (Å²) in [5.74, 6) is 1.96. The van der Waals surface area contributed by atoms with Crippen molar-refractivity contribution in [2.45, 2.75) is 65.3 Å². The Labute approximate surface area is 128 Å². The molecule has 1 N–H and O–H groups in total. The number of nitrogens with one attached hydrogen (secondary N) is 1. The van der Waals surface area contributed by atoms with E-state index in [1.165, 1.54) is 24.9 Å². The van der Waals surface area contributed by atoms with Crippen LogP contribution >= 0.6 is 0 Å². The molecule has 2 rings (SSSR count). The van der Waals surface area contributed by atoms with Crippen LogP contribution in [0.3, 0.4) is 0 Å². The minimum atomic E-state index is 0.470. The third kappa shape index (κ3) is 5.13. The van der Waals surface area contributed by atoms with Gasteiger partial charge in [-0.3, -0.25) is 0 Å². The lowest BCUT2D eigenvalue weighted by molar-refractivity contribution is 0.0886. The molecule has 0 aromatic carbocycles. The normalized spacial score (nSPS) is 19.8. The highest BCUT2D eigenvalue weighted by Gasteiger charge is 2.20. The topological polar surface area (TPSA) is 37.6 Å². The van der Waals surface area contributed by atoms with Crippen LogP contribution < -0.4 is 5.32 Å². The number of rotatable bonds is 8. The average Bonchev–Trinajstić information content (AvgIpc) is 2.99. The van der Waals surface area contributed by atoms with Gasteiger partial charge in [-0.05, 0) is 51.4 Å². The van der Waals surface area contributed by atoms with E-state index >= 15 is 0 Å². The van der Waals surface area contributed by atoms with Gasteiger partial charge in [0.25, 0.3) is 0 Å². The molecule has 1 saturated heterocycles. The van der Waals surface area contributed by atoms with E-state index in [2.05, 4.69) is 44.1 Å². The highest BCUT2D eigenvalue weighted by atomic mass is 16.5. The molecule has 1 aromatic rings. The Morgan fingerprint density at radius 1 is 1.48 bits per heavy atom. The monoisotopic (exact) mass is 294 g/mol. The zero-order valence-electron chi connectivity index (χ0n) is 13.9. The molecule has 2 heterocycles. The third-order valence-electron chi connectivity index (χ3n) is 4.25. The minimum Gasteiger partial charge on any atom is -0.462 e. The second-order valence-electron chi connectivity index (χ2n) is 6.47. The van der Waals surface area contributed by atoms with Crippen molar-refractivity contribution < 1.29 is 9.15 Å². The van der Waals surface area contributed by atoms with Crippen LogP contribution in [0.25, 0.3) is 0 Å². The first-order valence-electron chi connectivity index (χ1n) is 8.16. The molecule has 120 valence electrons. The summed E-state index contributed by atoms with van der Waals surface area (Å²) in [7, 11) is 2.21. The second kappa shape index (κ2) is 7.97. The van der Waals surface area contributed by atoms with E-state index in [4.69, 9.17) is 9.15 Å². The number of hydrogen-bond acceptors (Lipinski definition) is 4. The molecule has 0 spiro atoms. The van der Waals surface area contributed by atoms with E-state index in [0.717, 1.165) is 31.1 Å². The van der Waals surface area contributed by atoms with Gasteiger partial charge in [0.15, 0.2) is 0 Å². The highest BCUT2D eigenvalue weighted by Crippen LogP contribution is 2.19. The van der Waals surface area contributed by atoms with Crippen LogP contribution in [0, 0.1) is 6.92 Å². The van der Waals surface area contributed by atoms with Crippen molar-refractivity contribution in [3.05, 3.63) is 23.2 Å². The molecule has 1 atom stereocenters. The maximum absolute atomic E-state index is 5.86. The van der Waals surface area contributed by atoms with Crippen molar-refractivity contribution in [2.75, 3.05) is 20.2 Å². The molecular weight excluding hydrogens is 264 g/mol. The van der Waals surface area contributed by atoms with Crippen LogP contribution in [-0.4, -0.2) is 37.2 Å². The summed E-state index contributed by atoms with van der Waals surface area (Å²) in [4.78, 5) is 2.44. The van der Waals surface area contributed by atoms with Gasteiger partial charge in [-0.25, -0.2) is 0 Å². The third-order valence-corrected chi connectivity index (χ3v) is 4.25. The molecule has 1 aromatic heterocycles. The maximum atomic E-state index is 5.86. The van der Waals surface area contributed by atoms with Gasteiger partial charge in [-0.1, -0.05) is 13.8 Å². The predicted molar refractivity (Wildman–Crippen MR) is 85.3 cm³/mol. The number of nitrogens with zero attached hydrogens (tertiary/aromatic N) is 1. The van der Waals surface area contributed by atoms with Gasteiger partial charge in [-0.2, -0.15) is 0 Å². The van der Waals surface area contributed by atoms with Gasteiger partial charge >= 0.3 is 0 Å². The molecule has 0 amide bonds. The number of ether oxygens (including phenoxy) is 1. The predicted octanol–water partition coefficient (Wildman–Crippen LogP) is 3.09. The molecule has 4 heteroatoms. The first-order valence-corrected chi connectivity index (χ1v) is 8.16. The fraction of sp³-hybridized carbons (Fsp3) is 0.765. The van der Waals surface area contributed by atoms with Crippen molar-refractivity contribution in [3.8, 4) is 0 Å². The molecule has 0 radical (unpaired) electrons. The molecule has 1 fully saturated rings. The van der Waals surface area contributed by atoms with Crippen LogP contribution in [0.2, 0.25) is 0 Å².